The van der Waals surface area contributed by atoms with Crippen molar-refractivity contribution >= 4 is 23.5 Å². The lowest BCUT2D eigenvalue weighted by Gasteiger charge is -2.21. The third kappa shape index (κ3) is 4.43. The number of benzene rings is 2. The second-order valence-electron chi connectivity index (χ2n) is 5.66. The standard InChI is InChI=1S/C19H21N3O3S/c1-22(19(26)20-12-14-6-4-3-5-7-14)21-13-15-10-16(23-2)18-17(11-15)24-8-9-25-18/h3-7,10-11,13H,8-9,12H2,1-2H3,(H,20,26)/b21-13-. The average molecular weight is 371 g/mol. The smallest absolute Gasteiger partial charge is 0.203 e. The lowest BCUT2D eigenvalue weighted by atomic mass is 10.2. The molecule has 2 aromatic carbocycles. The van der Waals surface area contributed by atoms with E-state index in [-0.39, 0.29) is 0 Å². The fourth-order valence-electron chi connectivity index (χ4n) is 2.46. The molecule has 0 unspecified atom stereocenters. The summed E-state index contributed by atoms with van der Waals surface area (Å²) in [5.41, 5.74) is 1.99. The molecule has 1 heterocycles. The molecule has 0 aliphatic carbocycles. The predicted octanol–water partition coefficient (Wildman–Crippen LogP) is 2.81. The Morgan fingerprint density at radius 2 is 2.04 bits per heavy atom. The zero-order chi connectivity index (χ0) is 18.4. The SMILES string of the molecule is COc1cc(/C=N\N(C)C(=S)NCc2ccccc2)cc2c1OCCO2. The third-order valence-electron chi connectivity index (χ3n) is 3.81. The van der Waals surface area contributed by atoms with E-state index < -0.39 is 0 Å². The lowest BCUT2D eigenvalue weighted by Crippen LogP contribution is -2.33. The Morgan fingerprint density at radius 3 is 2.81 bits per heavy atom. The first kappa shape index (κ1) is 18.0. The minimum Gasteiger partial charge on any atom is -0.493 e. The van der Waals surface area contributed by atoms with Gasteiger partial charge in [-0.05, 0) is 29.9 Å². The van der Waals surface area contributed by atoms with Crippen LogP contribution in [0.2, 0.25) is 0 Å². The van der Waals surface area contributed by atoms with Crippen molar-refractivity contribution < 1.29 is 14.2 Å². The number of hydrogen-bond acceptors (Lipinski definition) is 5. The van der Waals surface area contributed by atoms with Crippen LogP contribution in [0, 0.1) is 0 Å². The zero-order valence-electron chi connectivity index (χ0n) is 14.8. The quantitative estimate of drug-likeness (QED) is 0.496. The van der Waals surface area contributed by atoms with Crippen molar-refractivity contribution in [1.82, 2.24) is 10.3 Å². The van der Waals surface area contributed by atoms with Gasteiger partial charge in [0.05, 0.1) is 13.3 Å². The van der Waals surface area contributed by atoms with Gasteiger partial charge in [0.2, 0.25) is 5.75 Å². The molecule has 0 radical (unpaired) electrons. The number of hydrogen-bond donors (Lipinski definition) is 1. The minimum absolute atomic E-state index is 0.515. The van der Waals surface area contributed by atoms with Crippen LogP contribution in [0.1, 0.15) is 11.1 Å². The van der Waals surface area contributed by atoms with E-state index in [2.05, 4.69) is 10.4 Å². The fraction of sp³-hybridized carbons (Fsp3) is 0.263. The van der Waals surface area contributed by atoms with E-state index in [9.17, 15) is 0 Å². The molecule has 26 heavy (non-hydrogen) atoms. The van der Waals surface area contributed by atoms with Crippen LogP contribution in [0.5, 0.6) is 17.2 Å². The molecule has 0 saturated carbocycles. The molecular weight excluding hydrogens is 350 g/mol. The Balaban J connectivity index is 1.64. The van der Waals surface area contributed by atoms with E-state index >= 15 is 0 Å². The van der Waals surface area contributed by atoms with Gasteiger partial charge in [0.25, 0.3) is 0 Å². The summed E-state index contributed by atoms with van der Waals surface area (Å²) in [5, 5.41) is 9.71. The third-order valence-corrected chi connectivity index (χ3v) is 4.22. The summed E-state index contributed by atoms with van der Waals surface area (Å²) in [6, 6.07) is 13.8. The summed E-state index contributed by atoms with van der Waals surface area (Å²) in [7, 11) is 3.40. The molecule has 0 amide bonds. The highest BCUT2D eigenvalue weighted by molar-refractivity contribution is 7.80. The van der Waals surface area contributed by atoms with E-state index in [0.717, 1.165) is 11.1 Å². The molecule has 1 aliphatic rings. The molecule has 1 aliphatic heterocycles. The summed E-state index contributed by atoms with van der Waals surface area (Å²) < 4.78 is 16.6. The van der Waals surface area contributed by atoms with Crippen LogP contribution >= 0.6 is 12.2 Å². The van der Waals surface area contributed by atoms with E-state index in [4.69, 9.17) is 26.4 Å². The lowest BCUT2D eigenvalue weighted by molar-refractivity contribution is 0.165. The maximum Gasteiger partial charge on any atom is 0.203 e. The predicted molar refractivity (Wildman–Crippen MR) is 105 cm³/mol. The van der Waals surface area contributed by atoms with Crippen LogP contribution < -0.4 is 19.5 Å². The summed E-state index contributed by atoms with van der Waals surface area (Å²) in [4.78, 5) is 0. The van der Waals surface area contributed by atoms with Crippen molar-refractivity contribution in [3.63, 3.8) is 0 Å². The Kier molecular flexibility index (Phi) is 5.91. The van der Waals surface area contributed by atoms with E-state index in [1.165, 1.54) is 0 Å². The summed E-state index contributed by atoms with van der Waals surface area (Å²) in [5.74, 6) is 1.91. The van der Waals surface area contributed by atoms with Crippen LogP contribution in [0.4, 0.5) is 0 Å². The second kappa shape index (κ2) is 8.53. The number of rotatable bonds is 5. The van der Waals surface area contributed by atoms with Gasteiger partial charge >= 0.3 is 0 Å². The van der Waals surface area contributed by atoms with Crippen LogP contribution in [-0.4, -0.2) is 43.7 Å². The van der Waals surface area contributed by atoms with Crippen molar-refractivity contribution in [2.45, 2.75) is 6.54 Å². The highest BCUT2D eigenvalue weighted by atomic mass is 32.1. The van der Waals surface area contributed by atoms with Gasteiger partial charge in [0.1, 0.15) is 13.2 Å². The molecule has 0 spiro atoms. The number of ether oxygens (including phenoxy) is 3. The molecule has 3 rings (SSSR count). The van der Waals surface area contributed by atoms with Gasteiger partial charge in [-0.25, -0.2) is 5.01 Å². The normalized spacial score (nSPS) is 12.7. The van der Waals surface area contributed by atoms with Gasteiger partial charge < -0.3 is 19.5 Å². The van der Waals surface area contributed by atoms with Crippen molar-refractivity contribution in [3.8, 4) is 17.2 Å². The molecule has 6 nitrogen and oxygen atoms in total. The zero-order valence-corrected chi connectivity index (χ0v) is 15.6. The summed E-state index contributed by atoms with van der Waals surface area (Å²) >= 11 is 5.37. The Morgan fingerprint density at radius 1 is 1.27 bits per heavy atom. The topological polar surface area (TPSA) is 55.3 Å². The highest BCUT2D eigenvalue weighted by Gasteiger charge is 2.18. The largest absolute Gasteiger partial charge is 0.493 e. The van der Waals surface area contributed by atoms with E-state index in [0.29, 0.717) is 42.1 Å². The van der Waals surface area contributed by atoms with Crippen molar-refractivity contribution in [2.24, 2.45) is 5.10 Å². The molecule has 0 bridgehead atoms. The summed E-state index contributed by atoms with van der Waals surface area (Å²) in [6.07, 6.45) is 1.71. The average Bonchev–Trinajstić information content (AvgIpc) is 2.70. The number of methoxy groups -OCH3 is 1. The Labute approximate surface area is 158 Å². The van der Waals surface area contributed by atoms with Gasteiger partial charge in [-0.3, -0.25) is 0 Å². The number of nitrogens with one attached hydrogen (secondary N) is 1. The van der Waals surface area contributed by atoms with Gasteiger partial charge in [-0.15, -0.1) is 0 Å². The number of nitrogens with zero attached hydrogens (tertiary/aromatic N) is 2. The molecule has 0 aromatic heterocycles. The van der Waals surface area contributed by atoms with Crippen molar-refractivity contribution in [1.29, 1.82) is 0 Å². The number of thiocarbonyl (C=S) groups is 1. The first-order valence-corrected chi connectivity index (χ1v) is 8.65. The molecule has 7 heteroatoms. The molecule has 0 fully saturated rings. The van der Waals surface area contributed by atoms with Gasteiger partial charge in [-0.2, -0.15) is 5.10 Å². The molecule has 2 aromatic rings. The van der Waals surface area contributed by atoms with E-state index in [1.807, 2.05) is 42.5 Å². The highest BCUT2D eigenvalue weighted by Crippen LogP contribution is 2.39. The monoisotopic (exact) mass is 371 g/mol. The van der Waals surface area contributed by atoms with Crippen molar-refractivity contribution in [2.75, 3.05) is 27.4 Å². The van der Waals surface area contributed by atoms with Gasteiger partial charge in [0, 0.05) is 19.2 Å². The second-order valence-corrected chi connectivity index (χ2v) is 6.05. The van der Waals surface area contributed by atoms with Gasteiger partial charge in [0.15, 0.2) is 16.6 Å². The molecular formula is C19H21N3O3S. The number of hydrazone groups is 1. The maximum absolute atomic E-state index is 5.63. The van der Waals surface area contributed by atoms with Gasteiger partial charge in [-0.1, -0.05) is 30.3 Å². The minimum atomic E-state index is 0.515. The molecule has 136 valence electrons. The van der Waals surface area contributed by atoms with Crippen LogP contribution in [0.25, 0.3) is 0 Å². The van der Waals surface area contributed by atoms with Crippen LogP contribution in [0.15, 0.2) is 47.6 Å². The molecule has 1 N–H and O–H groups in total. The first-order valence-electron chi connectivity index (χ1n) is 8.24. The maximum atomic E-state index is 5.63. The van der Waals surface area contributed by atoms with Crippen molar-refractivity contribution in [3.05, 3.63) is 53.6 Å². The fourth-order valence-corrected chi connectivity index (χ4v) is 2.58. The molecule has 0 atom stereocenters. The van der Waals surface area contributed by atoms with Crippen LogP contribution in [0.3, 0.4) is 0 Å². The van der Waals surface area contributed by atoms with E-state index in [1.54, 1.807) is 25.4 Å². The first-order chi connectivity index (χ1) is 12.7. The molecule has 0 saturated heterocycles. The van der Waals surface area contributed by atoms with Crippen LogP contribution in [-0.2, 0) is 6.54 Å². The Hall–Kier alpha value is -2.80. The summed E-state index contributed by atoms with van der Waals surface area (Å²) in [6.45, 7) is 1.68. The number of fused-ring (bicyclic) bond motifs is 1. The Bertz CT molecular complexity index is 779.